The summed E-state index contributed by atoms with van der Waals surface area (Å²) in [6, 6.07) is 9.59. The molecule has 0 N–H and O–H groups in total. The van der Waals surface area contributed by atoms with Crippen molar-refractivity contribution in [1.82, 2.24) is 0 Å². The Kier molecular flexibility index (Phi) is 5.61. The van der Waals surface area contributed by atoms with Gasteiger partial charge in [-0.1, -0.05) is 44.2 Å². The van der Waals surface area contributed by atoms with Crippen LogP contribution in [0.1, 0.15) is 59.3 Å². The lowest BCUT2D eigenvalue weighted by molar-refractivity contribution is -0.118. The number of Topliss-reactive ketones (excluding diaryl/α,β-unsaturated/α-hetero) is 1. The number of hydrogen-bond donors (Lipinski definition) is 0. The topological polar surface area (TPSA) is 57.2 Å². The Morgan fingerprint density at radius 1 is 1.12 bits per heavy atom. The lowest BCUT2D eigenvalue weighted by Crippen LogP contribution is -2.50. The van der Waals surface area contributed by atoms with E-state index in [-0.39, 0.29) is 22.4 Å². The molecule has 0 radical (unpaired) electrons. The quantitative estimate of drug-likeness (QED) is 0.517. The van der Waals surface area contributed by atoms with Gasteiger partial charge in [-0.25, -0.2) is 0 Å². The van der Waals surface area contributed by atoms with Gasteiger partial charge in [-0.3, -0.25) is 9.59 Å². The van der Waals surface area contributed by atoms with Crippen LogP contribution in [-0.4, -0.2) is 21.9 Å². The first-order chi connectivity index (χ1) is 15.6. The predicted octanol–water partition coefficient (Wildman–Crippen LogP) is 5.99. The number of ketones is 2. The lowest BCUT2D eigenvalue weighted by atomic mass is 9.46. The Morgan fingerprint density at radius 3 is 2.55 bits per heavy atom. The molecule has 2 saturated carbocycles. The summed E-state index contributed by atoms with van der Waals surface area (Å²) in [6.07, 6.45) is 7.21. The average molecular weight is 463 g/mol. The first-order valence-corrected chi connectivity index (χ1v) is 13.6. The van der Waals surface area contributed by atoms with Gasteiger partial charge in [0.25, 0.3) is 0 Å². The highest BCUT2D eigenvalue weighted by atomic mass is 32.2. The van der Waals surface area contributed by atoms with Gasteiger partial charge in [0.15, 0.2) is 16.5 Å². The summed E-state index contributed by atoms with van der Waals surface area (Å²) in [5.74, 6) is 2.14. The van der Waals surface area contributed by atoms with Crippen LogP contribution in [0.15, 0.2) is 70.2 Å². The molecule has 0 aromatic heterocycles. The van der Waals surface area contributed by atoms with Crippen molar-refractivity contribution in [2.24, 2.45) is 28.6 Å². The van der Waals surface area contributed by atoms with E-state index in [9.17, 15) is 14.1 Å². The van der Waals surface area contributed by atoms with Crippen molar-refractivity contribution in [1.29, 1.82) is 0 Å². The van der Waals surface area contributed by atoms with Gasteiger partial charge in [-0.05, 0) is 108 Å². The molecule has 4 unspecified atom stereocenters. The van der Waals surface area contributed by atoms with Gasteiger partial charge >= 0.3 is 0 Å². The number of hydrogen-bond acceptors (Lipinski definition) is 3. The highest BCUT2D eigenvalue weighted by Gasteiger charge is 2.59. The molecular formula is C29H34O3S. The minimum Gasteiger partial charge on any atom is -0.611 e. The molecule has 0 heterocycles. The fourth-order valence-corrected chi connectivity index (χ4v) is 9.14. The fraction of sp³-hybridized carbons (Fsp3) is 0.517. The summed E-state index contributed by atoms with van der Waals surface area (Å²) in [7, 11) is 0. The zero-order chi connectivity index (χ0) is 23.5. The second kappa shape index (κ2) is 8.09. The molecule has 4 heteroatoms. The Balaban J connectivity index is 1.49. The van der Waals surface area contributed by atoms with E-state index in [4.69, 9.17) is 0 Å². The minimum atomic E-state index is -1.15. The standard InChI is InChI=1S/C29H34O3S/c1-18-14-23-24(28(3)12-10-21(31)16-25(18)28)11-13-29(4)26(23)15-20(27(29)19(2)30)17-33(32)22-8-6-5-7-9-22/h5-9,16,23-24,26H,1,10-15,17H2,2-4H3/t23?,24?,26?,28-,29+,33?/m1/s1. The smallest absolute Gasteiger partial charge is 0.156 e. The van der Waals surface area contributed by atoms with Gasteiger partial charge in [0.2, 0.25) is 0 Å². The van der Waals surface area contributed by atoms with Crippen LogP contribution in [0.25, 0.3) is 0 Å². The minimum absolute atomic E-state index is 0.00123. The maximum absolute atomic E-state index is 13.2. The van der Waals surface area contributed by atoms with E-state index in [1.807, 2.05) is 36.4 Å². The van der Waals surface area contributed by atoms with Crippen molar-refractivity contribution in [3.05, 3.63) is 65.3 Å². The summed E-state index contributed by atoms with van der Waals surface area (Å²) < 4.78 is 13.2. The van der Waals surface area contributed by atoms with Gasteiger partial charge in [0, 0.05) is 12.0 Å². The average Bonchev–Trinajstić information content (AvgIpc) is 3.08. The molecule has 2 fully saturated rings. The molecule has 0 bridgehead atoms. The van der Waals surface area contributed by atoms with Gasteiger partial charge in [-0.2, -0.15) is 0 Å². The number of allylic oxidation sites excluding steroid dienone is 4. The number of fused-ring (bicyclic) bond motifs is 5. The first-order valence-electron chi connectivity index (χ1n) is 12.2. The molecule has 0 saturated heterocycles. The molecule has 5 rings (SSSR count). The molecule has 4 aliphatic carbocycles. The van der Waals surface area contributed by atoms with E-state index in [2.05, 4.69) is 20.4 Å². The van der Waals surface area contributed by atoms with E-state index in [1.54, 1.807) is 6.92 Å². The molecule has 3 nitrogen and oxygen atoms in total. The summed E-state index contributed by atoms with van der Waals surface area (Å²) in [4.78, 5) is 26.0. The maximum atomic E-state index is 13.2. The summed E-state index contributed by atoms with van der Waals surface area (Å²) >= 11 is -1.15. The van der Waals surface area contributed by atoms with Crippen LogP contribution in [-0.2, 0) is 20.8 Å². The molecule has 174 valence electrons. The van der Waals surface area contributed by atoms with Crippen LogP contribution in [0.5, 0.6) is 0 Å². The third-order valence-electron chi connectivity index (χ3n) is 9.37. The third-order valence-corrected chi connectivity index (χ3v) is 10.8. The van der Waals surface area contributed by atoms with E-state index < -0.39 is 11.2 Å². The van der Waals surface area contributed by atoms with Crippen LogP contribution >= 0.6 is 0 Å². The number of carbonyl (C=O) groups excluding carboxylic acids is 2. The molecule has 4 aliphatic rings. The molecule has 1 aromatic rings. The largest absolute Gasteiger partial charge is 0.611 e. The third kappa shape index (κ3) is 3.52. The van der Waals surface area contributed by atoms with Crippen LogP contribution in [0.3, 0.4) is 0 Å². The van der Waals surface area contributed by atoms with Crippen LogP contribution in [0.4, 0.5) is 0 Å². The van der Waals surface area contributed by atoms with E-state index in [0.29, 0.717) is 29.9 Å². The van der Waals surface area contributed by atoms with Crippen molar-refractivity contribution in [2.75, 3.05) is 5.75 Å². The van der Waals surface area contributed by atoms with Crippen molar-refractivity contribution in [3.8, 4) is 0 Å². The van der Waals surface area contributed by atoms with Gasteiger partial charge in [-0.15, -0.1) is 0 Å². The van der Waals surface area contributed by atoms with Crippen LogP contribution in [0, 0.1) is 28.6 Å². The van der Waals surface area contributed by atoms with Gasteiger partial charge < -0.3 is 4.55 Å². The highest BCUT2D eigenvalue weighted by Crippen LogP contribution is 2.67. The van der Waals surface area contributed by atoms with Crippen molar-refractivity contribution >= 4 is 22.7 Å². The van der Waals surface area contributed by atoms with Gasteiger partial charge in [0.05, 0.1) is 0 Å². The Hall–Kier alpha value is -1.91. The molecule has 0 spiro atoms. The van der Waals surface area contributed by atoms with E-state index in [1.165, 1.54) is 5.57 Å². The van der Waals surface area contributed by atoms with Crippen molar-refractivity contribution < 1.29 is 14.1 Å². The second-order valence-electron chi connectivity index (χ2n) is 11.1. The summed E-state index contributed by atoms with van der Waals surface area (Å²) in [5.41, 5.74) is 4.20. The molecular weight excluding hydrogens is 428 g/mol. The molecule has 33 heavy (non-hydrogen) atoms. The lowest BCUT2D eigenvalue weighted by Gasteiger charge is -2.58. The monoisotopic (exact) mass is 462 g/mol. The maximum Gasteiger partial charge on any atom is 0.156 e. The molecule has 6 atom stereocenters. The molecule has 0 aliphatic heterocycles. The highest BCUT2D eigenvalue weighted by molar-refractivity contribution is 7.91. The molecule has 1 aromatic carbocycles. The van der Waals surface area contributed by atoms with Crippen LogP contribution in [0.2, 0.25) is 0 Å². The predicted molar refractivity (Wildman–Crippen MR) is 132 cm³/mol. The van der Waals surface area contributed by atoms with Crippen molar-refractivity contribution in [2.45, 2.75) is 64.2 Å². The van der Waals surface area contributed by atoms with E-state index >= 15 is 0 Å². The van der Waals surface area contributed by atoms with Crippen LogP contribution < -0.4 is 0 Å². The molecule has 0 amide bonds. The van der Waals surface area contributed by atoms with Crippen molar-refractivity contribution in [3.63, 3.8) is 0 Å². The fourth-order valence-electron chi connectivity index (χ4n) is 7.94. The zero-order valence-corrected chi connectivity index (χ0v) is 20.8. The number of carbonyl (C=O) groups is 2. The zero-order valence-electron chi connectivity index (χ0n) is 20.0. The SMILES string of the molecule is C=C1CC2C(CC[C@]3(C)C(C(C)=O)=C(C[S+]([O-])c4ccccc4)CC23)[C@@]2(C)CCC(=O)C=C12. The van der Waals surface area contributed by atoms with E-state index in [0.717, 1.165) is 53.7 Å². The summed E-state index contributed by atoms with van der Waals surface area (Å²) in [6.45, 7) is 10.7. The Bertz CT molecular complexity index is 1080. The normalized spacial score (nSPS) is 36.6. The number of benzene rings is 1. The number of rotatable bonds is 4. The van der Waals surface area contributed by atoms with Gasteiger partial charge in [0.1, 0.15) is 5.75 Å². The second-order valence-corrected chi connectivity index (χ2v) is 12.6. The summed E-state index contributed by atoms with van der Waals surface area (Å²) in [5, 5.41) is 0. The Labute approximate surface area is 200 Å². The Morgan fingerprint density at radius 2 is 1.85 bits per heavy atom. The first kappa shape index (κ1) is 22.9.